The van der Waals surface area contributed by atoms with Crippen LogP contribution in [0.25, 0.3) is 0 Å². The van der Waals surface area contributed by atoms with Crippen molar-refractivity contribution in [2.24, 2.45) is 0 Å². The second-order valence-corrected chi connectivity index (χ2v) is 7.19. The van der Waals surface area contributed by atoms with Crippen molar-refractivity contribution in [1.82, 2.24) is 5.32 Å². The number of nitrogens with one attached hydrogen (secondary N) is 2. The van der Waals surface area contributed by atoms with Crippen LogP contribution in [0, 0.1) is 6.92 Å². The smallest absolute Gasteiger partial charge is 0.252 e. The molecule has 2 aromatic carbocycles. The molecule has 2 rings (SSSR count). The summed E-state index contributed by atoms with van der Waals surface area (Å²) in [7, 11) is 0. The maximum Gasteiger partial charge on any atom is 0.252 e. The molecule has 1 amide bonds. The van der Waals surface area contributed by atoms with Crippen molar-refractivity contribution in [2.75, 3.05) is 5.32 Å². The molecule has 6 heteroatoms. The van der Waals surface area contributed by atoms with Gasteiger partial charge in [0.15, 0.2) is 0 Å². The fourth-order valence-electron chi connectivity index (χ4n) is 1.82. The van der Waals surface area contributed by atoms with E-state index in [9.17, 15) is 4.79 Å². The van der Waals surface area contributed by atoms with Crippen molar-refractivity contribution >= 4 is 46.4 Å². The number of halogens is 3. The van der Waals surface area contributed by atoms with Gasteiger partial charge in [0.05, 0.1) is 0 Å². The van der Waals surface area contributed by atoms with Gasteiger partial charge in [0, 0.05) is 11.3 Å². The molecule has 0 spiro atoms. The Morgan fingerprint density at radius 2 is 1.59 bits per heavy atom. The Labute approximate surface area is 144 Å². The molecule has 22 heavy (non-hydrogen) atoms. The van der Waals surface area contributed by atoms with Gasteiger partial charge >= 0.3 is 0 Å². The van der Waals surface area contributed by atoms with E-state index in [0.29, 0.717) is 5.56 Å². The van der Waals surface area contributed by atoms with Crippen LogP contribution in [-0.4, -0.2) is 15.9 Å². The Morgan fingerprint density at radius 1 is 1.00 bits per heavy atom. The molecule has 0 heterocycles. The predicted molar refractivity (Wildman–Crippen MR) is 92.8 cm³/mol. The normalized spacial score (nSPS) is 12.5. The fraction of sp³-hybridized carbons (Fsp3) is 0.188. The highest BCUT2D eigenvalue weighted by molar-refractivity contribution is 6.68. The molecule has 0 unspecified atom stereocenters. The molecule has 1 atom stereocenters. The highest BCUT2D eigenvalue weighted by Crippen LogP contribution is 2.31. The van der Waals surface area contributed by atoms with Crippen LogP contribution < -0.4 is 10.6 Å². The summed E-state index contributed by atoms with van der Waals surface area (Å²) in [6.45, 7) is 1.95. The number of rotatable bonds is 4. The van der Waals surface area contributed by atoms with E-state index in [-0.39, 0.29) is 5.91 Å². The third kappa shape index (κ3) is 4.80. The molecule has 0 aliphatic carbocycles. The van der Waals surface area contributed by atoms with Crippen molar-refractivity contribution in [3.63, 3.8) is 0 Å². The van der Waals surface area contributed by atoms with Gasteiger partial charge in [-0.3, -0.25) is 4.79 Å². The number of hydrogen-bond donors (Lipinski definition) is 2. The molecule has 116 valence electrons. The molecular weight excluding hydrogens is 343 g/mol. The Balaban J connectivity index is 2.13. The van der Waals surface area contributed by atoms with Crippen LogP contribution in [0.15, 0.2) is 54.6 Å². The molecule has 0 fully saturated rings. The number of carbonyl (C=O) groups is 1. The third-order valence-corrected chi connectivity index (χ3v) is 3.66. The summed E-state index contributed by atoms with van der Waals surface area (Å²) >= 11 is 17.9. The Bertz CT molecular complexity index is 624. The van der Waals surface area contributed by atoms with Gasteiger partial charge in [-0.2, -0.15) is 0 Å². The van der Waals surface area contributed by atoms with Gasteiger partial charge in [0.1, 0.15) is 6.17 Å². The lowest BCUT2D eigenvalue weighted by molar-refractivity contribution is 0.0942. The standard InChI is InChI=1S/C16H15Cl3N2O/c1-11-7-9-12(10-8-11)14(22)21-15(16(17,18)19)20-13-5-3-2-4-6-13/h2-10,15,20H,1H3,(H,21,22)/t15-/m1/s1. The van der Waals surface area contributed by atoms with E-state index < -0.39 is 9.96 Å². The largest absolute Gasteiger partial charge is 0.362 e. The first kappa shape index (κ1) is 16.9. The summed E-state index contributed by atoms with van der Waals surface area (Å²) in [5, 5.41) is 5.70. The number of anilines is 1. The minimum atomic E-state index is -1.70. The van der Waals surface area contributed by atoms with E-state index in [2.05, 4.69) is 10.6 Å². The van der Waals surface area contributed by atoms with Crippen LogP contribution in [0.5, 0.6) is 0 Å². The molecule has 0 radical (unpaired) electrons. The summed E-state index contributed by atoms with van der Waals surface area (Å²) in [4.78, 5) is 12.3. The minimum Gasteiger partial charge on any atom is -0.362 e. The van der Waals surface area contributed by atoms with Crippen molar-refractivity contribution in [2.45, 2.75) is 16.9 Å². The zero-order valence-corrected chi connectivity index (χ0v) is 14.1. The topological polar surface area (TPSA) is 41.1 Å². The van der Waals surface area contributed by atoms with Gasteiger partial charge < -0.3 is 10.6 Å². The lowest BCUT2D eigenvalue weighted by atomic mass is 10.1. The van der Waals surface area contributed by atoms with E-state index in [0.717, 1.165) is 11.3 Å². The van der Waals surface area contributed by atoms with Gasteiger partial charge in [0.25, 0.3) is 5.91 Å². The number of aryl methyl sites for hydroxylation is 1. The lowest BCUT2D eigenvalue weighted by Gasteiger charge is -2.27. The average molecular weight is 358 g/mol. The van der Waals surface area contributed by atoms with Crippen molar-refractivity contribution in [3.05, 3.63) is 65.7 Å². The van der Waals surface area contributed by atoms with Gasteiger partial charge in [-0.25, -0.2) is 0 Å². The quantitative estimate of drug-likeness (QED) is 0.623. The van der Waals surface area contributed by atoms with Gasteiger partial charge in [-0.1, -0.05) is 70.7 Å². The molecule has 3 nitrogen and oxygen atoms in total. The maximum absolute atomic E-state index is 12.3. The van der Waals surface area contributed by atoms with Crippen molar-refractivity contribution < 1.29 is 4.79 Å². The zero-order chi connectivity index (χ0) is 16.2. The predicted octanol–water partition coefficient (Wildman–Crippen LogP) is 4.53. The minimum absolute atomic E-state index is 0.320. The second kappa shape index (κ2) is 7.23. The SMILES string of the molecule is Cc1ccc(C(=O)N[C@@H](Nc2ccccc2)C(Cl)(Cl)Cl)cc1. The first-order valence-electron chi connectivity index (χ1n) is 6.62. The van der Waals surface area contributed by atoms with Crippen molar-refractivity contribution in [3.8, 4) is 0 Å². The maximum atomic E-state index is 12.3. The highest BCUT2D eigenvalue weighted by atomic mass is 35.6. The van der Waals surface area contributed by atoms with Gasteiger partial charge in [-0.05, 0) is 31.2 Å². The number of carbonyl (C=O) groups excluding carboxylic acids is 1. The molecule has 0 aliphatic heterocycles. The molecule has 0 aromatic heterocycles. The summed E-state index contributed by atoms with van der Waals surface area (Å²) in [6, 6.07) is 16.4. The van der Waals surface area contributed by atoms with Crippen LogP contribution in [-0.2, 0) is 0 Å². The van der Waals surface area contributed by atoms with E-state index in [1.54, 1.807) is 12.1 Å². The van der Waals surface area contributed by atoms with E-state index >= 15 is 0 Å². The number of alkyl halides is 3. The molecular formula is C16H15Cl3N2O. The molecule has 0 saturated carbocycles. The number of para-hydroxylation sites is 1. The summed E-state index contributed by atoms with van der Waals surface area (Å²) in [6.07, 6.45) is -0.867. The third-order valence-electron chi connectivity index (χ3n) is 3.00. The Kier molecular flexibility index (Phi) is 5.57. The lowest BCUT2D eigenvalue weighted by Crippen LogP contribution is -2.49. The number of hydrogen-bond acceptors (Lipinski definition) is 2. The first-order valence-corrected chi connectivity index (χ1v) is 7.75. The summed E-state index contributed by atoms with van der Waals surface area (Å²) < 4.78 is -1.70. The first-order chi connectivity index (χ1) is 10.4. The molecule has 2 N–H and O–H groups in total. The van der Waals surface area contributed by atoms with Crippen LogP contribution in [0.4, 0.5) is 5.69 Å². The van der Waals surface area contributed by atoms with Crippen LogP contribution in [0.2, 0.25) is 0 Å². The van der Waals surface area contributed by atoms with Crippen molar-refractivity contribution in [1.29, 1.82) is 0 Å². The highest BCUT2D eigenvalue weighted by Gasteiger charge is 2.34. The molecule has 2 aromatic rings. The molecule has 0 aliphatic rings. The zero-order valence-electron chi connectivity index (χ0n) is 11.8. The average Bonchev–Trinajstić information content (AvgIpc) is 2.47. The second-order valence-electron chi connectivity index (χ2n) is 4.82. The molecule has 0 saturated heterocycles. The summed E-state index contributed by atoms with van der Waals surface area (Å²) in [5.41, 5.74) is 2.31. The molecule has 0 bridgehead atoms. The Morgan fingerprint density at radius 3 is 2.14 bits per heavy atom. The number of amides is 1. The van der Waals surface area contributed by atoms with Crippen LogP contribution in [0.3, 0.4) is 0 Å². The number of benzene rings is 2. The van der Waals surface area contributed by atoms with Gasteiger partial charge in [-0.15, -0.1) is 0 Å². The van der Waals surface area contributed by atoms with E-state index in [4.69, 9.17) is 34.8 Å². The van der Waals surface area contributed by atoms with E-state index in [1.807, 2.05) is 49.4 Å². The van der Waals surface area contributed by atoms with Gasteiger partial charge in [0.2, 0.25) is 3.79 Å². The fourth-order valence-corrected chi connectivity index (χ4v) is 2.15. The van der Waals surface area contributed by atoms with Crippen LogP contribution >= 0.6 is 34.8 Å². The monoisotopic (exact) mass is 356 g/mol. The Hall–Kier alpha value is -1.42. The van der Waals surface area contributed by atoms with Crippen LogP contribution in [0.1, 0.15) is 15.9 Å². The summed E-state index contributed by atoms with van der Waals surface area (Å²) in [5.74, 6) is -0.320. The van der Waals surface area contributed by atoms with E-state index in [1.165, 1.54) is 0 Å².